The Morgan fingerprint density at radius 3 is 2.13 bits per heavy atom. The van der Waals surface area contributed by atoms with Crippen molar-refractivity contribution < 1.29 is 0 Å². The van der Waals surface area contributed by atoms with Crippen molar-refractivity contribution >= 4 is 11.0 Å². The van der Waals surface area contributed by atoms with E-state index in [1.54, 1.807) is 0 Å². The fourth-order valence-electron chi connectivity index (χ4n) is 2.44. The van der Waals surface area contributed by atoms with E-state index in [1.807, 2.05) is 54.6 Å². The van der Waals surface area contributed by atoms with Gasteiger partial charge in [0.25, 0.3) is 0 Å². The average molecular weight is 298 g/mol. The first-order valence-electron chi connectivity index (χ1n) is 7.00. The zero-order chi connectivity index (χ0) is 15.6. The second-order valence-electron chi connectivity index (χ2n) is 4.91. The number of rotatable bonds is 2. The number of nitrogens with zero attached hydrogens (tertiary/aromatic N) is 5. The molecule has 2 aromatic carbocycles. The molecule has 0 saturated carbocycles. The molecule has 23 heavy (non-hydrogen) atoms. The minimum absolute atomic E-state index is 0.231. The van der Waals surface area contributed by atoms with Crippen LogP contribution >= 0.6 is 0 Å². The number of hydrogen-bond donors (Lipinski definition) is 1. The van der Waals surface area contributed by atoms with Crippen molar-refractivity contribution in [3.05, 3.63) is 60.3 Å². The van der Waals surface area contributed by atoms with Crippen molar-refractivity contribution in [1.29, 1.82) is 5.26 Å². The fraction of sp³-hybridized carbons (Fsp3) is 0. The summed E-state index contributed by atoms with van der Waals surface area (Å²) in [4.78, 5) is 8.95. The van der Waals surface area contributed by atoms with Gasteiger partial charge in [0.2, 0.25) is 0 Å². The number of fused-ring (bicyclic) bond motifs is 1. The first-order chi connectivity index (χ1) is 11.4. The van der Waals surface area contributed by atoms with Gasteiger partial charge in [0.15, 0.2) is 5.69 Å². The summed E-state index contributed by atoms with van der Waals surface area (Å²) in [6.45, 7) is 0. The number of aromatic amines is 1. The lowest BCUT2D eigenvalue weighted by molar-refractivity contribution is 0.942. The average Bonchev–Trinajstić information content (AvgIpc) is 3.11. The van der Waals surface area contributed by atoms with E-state index < -0.39 is 0 Å². The van der Waals surface area contributed by atoms with Crippen molar-refractivity contribution in [3.63, 3.8) is 0 Å². The lowest BCUT2D eigenvalue weighted by Gasteiger charge is -2.04. The normalized spacial score (nSPS) is 10.6. The molecule has 2 aromatic heterocycles. The second-order valence-corrected chi connectivity index (χ2v) is 4.91. The highest BCUT2D eigenvalue weighted by atomic mass is 15.3. The molecule has 6 nitrogen and oxygen atoms in total. The first-order valence-corrected chi connectivity index (χ1v) is 7.00. The standard InChI is InChI=1S/C17H10N6/c18-10-14-16(20-13-9-5-4-8-12(13)19-14)17-15(21-23-22-17)11-6-2-1-3-7-11/h1-9H,(H,21,22,23). The largest absolute Gasteiger partial charge is 0.241 e. The molecule has 0 unspecified atom stereocenters. The molecule has 0 aliphatic rings. The highest BCUT2D eigenvalue weighted by molar-refractivity contribution is 5.83. The van der Waals surface area contributed by atoms with Crippen molar-refractivity contribution in [2.75, 3.05) is 0 Å². The van der Waals surface area contributed by atoms with Gasteiger partial charge >= 0.3 is 0 Å². The lowest BCUT2D eigenvalue weighted by atomic mass is 10.1. The molecule has 4 rings (SSSR count). The molecule has 0 aliphatic carbocycles. The molecule has 0 amide bonds. The minimum atomic E-state index is 0.231. The SMILES string of the molecule is N#Cc1nc2ccccc2nc1-c1n[nH]nc1-c1ccccc1. The van der Waals surface area contributed by atoms with Gasteiger partial charge in [-0.3, -0.25) is 0 Å². The van der Waals surface area contributed by atoms with Crippen LogP contribution < -0.4 is 0 Å². The Morgan fingerprint density at radius 1 is 0.739 bits per heavy atom. The molecule has 4 aromatic rings. The maximum atomic E-state index is 9.43. The number of para-hydroxylation sites is 2. The van der Waals surface area contributed by atoms with E-state index in [2.05, 4.69) is 31.4 Å². The van der Waals surface area contributed by atoms with Gasteiger partial charge in [0.1, 0.15) is 23.2 Å². The predicted octanol–water partition coefficient (Wildman–Crippen LogP) is 2.95. The quantitative estimate of drug-likeness (QED) is 0.614. The third-order valence-electron chi connectivity index (χ3n) is 3.50. The molecule has 6 heteroatoms. The Hall–Kier alpha value is -3.59. The van der Waals surface area contributed by atoms with E-state index in [9.17, 15) is 5.26 Å². The molecule has 0 saturated heterocycles. The van der Waals surface area contributed by atoms with E-state index >= 15 is 0 Å². The molecule has 0 spiro atoms. The topological polar surface area (TPSA) is 91.1 Å². The number of nitrogens with one attached hydrogen (secondary N) is 1. The van der Waals surface area contributed by atoms with E-state index in [0.29, 0.717) is 28.1 Å². The van der Waals surface area contributed by atoms with Gasteiger partial charge in [-0.25, -0.2) is 9.97 Å². The molecule has 2 heterocycles. The molecule has 0 radical (unpaired) electrons. The Kier molecular flexibility index (Phi) is 3.03. The smallest absolute Gasteiger partial charge is 0.169 e. The summed E-state index contributed by atoms with van der Waals surface area (Å²) in [5.41, 5.74) is 4.11. The van der Waals surface area contributed by atoms with Gasteiger partial charge < -0.3 is 0 Å². The number of aromatic nitrogens is 5. The molecule has 0 aliphatic heterocycles. The van der Waals surface area contributed by atoms with Crippen molar-refractivity contribution in [2.45, 2.75) is 0 Å². The monoisotopic (exact) mass is 298 g/mol. The van der Waals surface area contributed by atoms with Crippen molar-refractivity contribution in [2.24, 2.45) is 0 Å². The van der Waals surface area contributed by atoms with Crippen LogP contribution in [-0.2, 0) is 0 Å². The van der Waals surface area contributed by atoms with Crippen molar-refractivity contribution in [3.8, 4) is 28.7 Å². The summed E-state index contributed by atoms with van der Waals surface area (Å²) < 4.78 is 0. The second kappa shape index (κ2) is 5.31. The third-order valence-corrected chi connectivity index (χ3v) is 3.50. The summed E-state index contributed by atoms with van der Waals surface area (Å²) in [6, 6.07) is 19.2. The highest BCUT2D eigenvalue weighted by Gasteiger charge is 2.19. The Bertz CT molecular complexity index is 1030. The van der Waals surface area contributed by atoms with Crippen LogP contribution in [0.2, 0.25) is 0 Å². The lowest BCUT2D eigenvalue weighted by Crippen LogP contribution is -1.97. The highest BCUT2D eigenvalue weighted by Crippen LogP contribution is 2.29. The van der Waals surface area contributed by atoms with Crippen molar-refractivity contribution in [1.82, 2.24) is 25.4 Å². The van der Waals surface area contributed by atoms with Crippen LogP contribution in [0.3, 0.4) is 0 Å². The molecule has 108 valence electrons. The number of H-pyrrole nitrogens is 1. The number of nitriles is 1. The Labute approximate surface area is 131 Å². The van der Waals surface area contributed by atoms with E-state index in [4.69, 9.17) is 0 Å². The molecule has 0 atom stereocenters. The van der Waals surface area contributed by atoms with Gasteiger partial charge in [-0.2, -0.15) is 20.7 Å². The molecular formula is C17H10N6. The maximum absolute atomic E-state index is 9.43. The predicted molar refractivity (Wildman–Crippen MR) is 85.1 cm³/mol. The van der Waals surface area contributed by atoms with Gasteiger partial charge in [-0.15, -0.1) is 0 Å². The maximum Gasteiger partial charge on any atom is 0.169 e. The van der Waals surface area contributed by atoms with Crippen LogP contribution in [0.4, 0.5) is 0 Å². The zero-order valence-corrected chi connectivity index (χ0v) is 11.9. The minimum Gasteiger partial charge on any atom is -0.241 e. The van der Waals surface area contributed by atoms with Gasteiger partial charge in [-0.05, 0) is 12.1 Å². The number of hydrogen-bond acceptors (Lipinski definition) is 5. The molecule has 0 bridgehead atoms. The van der Waals surface area contributed by atoms with Crippen LogP contribution in [0.1, 0.15) is 5.69 Å². The van der Waals surface area contributed by atoms with Gasteiger partial charge in [0, 0.05) is 5.56 Å². The zero-order valence-electron chi connectivity index (χ0n) is 11.9. The molecular weight excluding hydrogens is 288 g/mol. The third kappa shape index (κ3) is 2.21. The van der Waals surface area contributed by atoms with E-state index in [-0.39, 0.29) is 5.69 Å². The Balaban J connectivity index is 1.97. The summed E-state index contributed by atoms with van der Waals surface area (Å²) in [6.07, 6.45) is 0. The first kappa shape index (κ1) is 13.1. The molecule has 1 N–H and O–H groups in total. The van der Waals surface area contributed by atoms with E-state index in [0.717, 1.165) is 5.56 Å². The van der Waals surface area contributed by atoms with Crippen LogP contribution in [0.15, 0.2) is 54.6 Å². The Morgan fingerprint density at radius 2 is 1.39 bits per heavy atom. The summed E-state index contributed by atoms with van der Waals surface area (Å²) in [5.74, 6) is 0. The summed E-state index contributed by atoms with van der Waals surface area (Å²) in [5, 5.41) is 20.4. The van der Waals surface area contributed by atoms with Crippen LogP contribution in [0.5, 0.6) is 0 Å². The summed E-state index contributed by atoms with van der Waals surface area (Å²) in [7, 11) is 0. The summed E-state index contributed by atoms with van der Waals surface area (Å²) >= 11 is 0. The van der Waals surface area contributed by atoms with Gasteiger partial charge in [0.05, 0.1) is 11.0 Å². The van der Waals surface area contributed by atoms with Gasteiger partial charge in [-0.1, -0.05) is 42.5 Å². The van der Waals surface area contributed by atoms with Crippen LogP contribution in [0.25, 0.3) is 33.7 Å². The number of benzene rings is 2. The van der Waals surface area contributed by atoms with Crippen LogP contribution in [0, 0.1) is 11.3 Å². The van der Waals surface area contributed by atoms with E-state index in [1.165, 1.54) is 0 Å². The molecule has 0 fully saturated rings. The fourth-order valence-corrected chi connectivity index (χ4v) is 2.44. The van der Waals surface area contributed by atoms with Crippen LogP contribution in [-0.4, -0.2) is 25.4 Å².